The summed E-state index contributed by atoms with van der Waals surface area (Å²) >= 11 is 5.76. The van der Waals surface area contributed by atoms with Crippen molar-refractivity contribution >= 4 is 33.4 Å². The fourth-order valence-electron chi connectivity index (χ4n) is 3.55. The maximum atomic E-state index is 13.4. The van der Waals surface area contributed by atoms with Gasteiger partial charge in [0.05, 0.1) is 23.1 Å². The summed E-state index contributed by atoms with van der Waals surface area (Å²) in [5.74, 6) is 0.809. The zero-order valence-corrected chi connectivity index (χ0v) is 18.2. The number of morpholine rings is 1. The minimum Gasteiger partial charge on any atom is -0.378 e. The number of benzene rings is 1. The Morgan fingerprint density at radius 2 is 1.70 bits per heavy atom. The number of aromatic nitrogens is 2. The Bertz CT molecular complexity index is 1020. The lowest BCUT2D eigenvalue weighted by molar-refractivity contribution is 0.122. The highest BCUT2D eigenvalue weighted by molar-refractivity contribution is 7.89. The Morgan fingerprint density at radius 1 is 1.00 bits per heavy atom. The van der Waals surface area contributed by atoms with Crippen molar-refractivity contribution in [2.24, 2.45) is 0 Å². The number of halogens is 2. The summed E-state index contributed by atoms with van der Waals surface area (Å²) in [6.07, 6.45) is 0. The maximum absolute atomic E-state index is 13.4. The smallest absolute Gasteiger partial charge is 0.243 e. The third kappa shape index (κ3) is 4.36. The van der Waals surface area contributed by atoms with Gasteiger partial charge in [0, 0.05) is 51.0 Å². The van der Waals surface area contributed by atoms with Crippen LogP contribution in [0.15, 0.2) is 29.2 Å². The molecule has 30 heavy (non-hydrogen) atoms. The van der Waals surface area contributed by atoms with Crippen molar-refractivity contribution in [3.05, 3.63) is 40.8 Å². The SMILES string of the molecule is Cc1cc(N2CCOCC2)nc(N2CCN(S(=O)(=O)c3ccc(F)c(Cl)c3)CC2)n1. The first-order valence-corrected chi connectivity index (χ1v) is 11.5. The maximum Gasteiger partial charge on any atom is 0.243 e. The van der Waals surface area contributed by atoms with E-state index in [0.717, 1.165) is 36.7 Å². The molecular formula is C19H23ClFN5O3S. The van der Waals surface area contributed by atoms with Crippen LogP contribution in [0.5, 0.6) is 0 Å². The largest absolute Gasteiger partial charge is 0.378 e. The average Bonchev–Trinajstić information content (AvgIpc) is 2.76. The fourth-order valence-corrected chi connectivity index (χ4v) is 5.24. The van der Waals surface area contributed by atoms with E-state index in [-0.39, 0.29) is 23.0 Å². The molecule has 3 heterocycles. The summed E-state index contributed by atoms with van der Waals surface area (Å²) in [5, 5.41) is -0.210. The second-order valence-corrected chi connectivity index (χ2v) is 9.58. The van der Waals surface area contributed by atoms with Crippen LogP contribution in [0.2, 0.25) is 5.02 Å². The van der Waals surface area contributed by atoms with E-state index >= 15 is 0 Å². The number of sulfonamides is 1. The number of hydrogen-bond donors (Lipinski definition) is 0. The number of anilines is 2. The molecule has 0 bridgehead atoms. The van der Waals surface area contributed by atoms with Crippen molar-refractivity contribution in [3.8, 4) is 0 Å². The molecule has 11 heteroatoms. The van der Waals surface area contributed by atoms with Gasteiger partial charge in [0.1, 0.15) is 11.6 Å². The molecule has 0 unspecified atom stereocenters. The van der Waals surface area contributed by atoms with E-state index in [2.05, 4.69) is 9.88 Å². The lowest BCUT2D eigenvalue weighted by Gasteiger charge is -2.35. The molecule has 1 aromatic carbocycles. The van der Waals surface area contributed by atoms with E-state index in [9.17, 15) is 12.8 Å². The van der Waals surface area contributed by atoms with Gasteiger partial charge in [0.25, 0.3) is 0 Å². The molecule has 2 saturated heterocycles. The molecule has 0 aliphatic carbocycles. The molecule has 0 N–H and O–H groups in total. The molecule has 2 fully saturated rings. The molecule has 0 saturated carbocycles. The third-order valence-corrected chi connectivity index (χ3v) is 7.40. The Hall–Kier alpha value is -2.01. The second-order valence-electron chi connectivity index (χ2n) is 7.23. The van der Waals surface area contributed by atoms with Gasteiger partial charge in [0.15, 0.2) is 0 Å². The number of ether oxygens (including phenoxy) is 1. The van der Waals surface area contributed by atoms with Crippen LogP contribution in [0.25, 0.3) is 0 Å². The zero-order chi connectivity index (χ0) is 21.3. The molecule has 2 aromatic rings. The van der Waals surface area contributed by atoms with E-state index in [4.69, 9.17) is 21.3 Å². The van der Waals surface area contributed by atoms with Crippen LogP contribution >= 0.6 is 11.6 Å². The van der Waals surface area contributed by atoms with Crippen LogP contribution in [-0.4, -0.2) is 75.2 Å². The fraction of sp³-hybridized carbons (Fsp3) is 0.474. The highest BCUT2D eigenvalue weighted by Crippen LogP contribution is 2.25. The highest BCUT2D eigenvalue weighted by atomic mass is 35.5. The van der Waals surface area contributed by atoms with Crippen molar-refractivity contribution in [1.29, 1.82) is 0 Å². The van der Waals surface area contributed by atoms with Crippen molar-refractivity contribution in [2.45, 2.75) is 11.8 Å². The molecule has 8 nitrogen and oxygen atoms in total. The molecule has 4 rings (SSSR count). The number of piperazine rings is 1. The summed E-state index contributed by atoms with van der Waals surface area (Å²) in [7, 11) is -3.75. The number of hydrogen-bond acceptors (Lipinski definition) is 7. The van der Waals surface area contributed by atoms with Crippen molar-refractivity contribution in [3.63, 3.8) is 0 Å². The molecular weight excluding hydrogens is 433 g/mol. The van der Waals surface area contributed by atoms with Gasteiger partial charge >= 0.3 is 0 Å². The lowest BCUT2D eigenvalue weighted by Crippen LogP contribution is -2.49. The van der Waals surface area contributed by atoms with Crippen molar-refractivity contribution < 1.29 is 17.5 Å². The molecule has 2 aliphatic heterocycles. The van der Waals surface area contributed by atoms with Gasteiger partial charge in [-0.25, -0.2) is 17.8 Å². The van der Waals surface area contributed by atoms with Crippen molar-refractivity contribution in [2.75, 3.05) is 62.3 Å². The van der Waals surface area contributed by atoms with E-state index in [1.807, 2.05) is 17.9 Å². The van der Waals surface area contributed by atoms with Crippen LogP contribution in [0.1, 0.15) is 5.69 Å². The first-order chi connectivity index (χ1) is 14.3. The van der Waals surface area contributed by atoms with Gasteiger partial charge in [-0.1, -0.05) is 11.6 Å². The molecule has 0 amide bonds. The summed E-state index contributed by atoms with van der Waals surface area (Å²) < 4.78 is 46.0. The monoisotopic (exact) mass is 455 g/mol. The van der Waals surface area contributed by atoms with Crippen LogP contribution in [0.4, 0.5) is 16.2 Å². The van der Waals surface area contributed by atoms with Gasteiger partial charge in [-0.05, 0) is 25.1 Å². The van der Waals surface area contributed by atoms with E-state index in [0.29, 0.717) is 32.3 Å². The molecule has 0 atom stereocenters. The van der Waals surface area contributed by atoms with Crippen LogP contribution in [-0.2, 0) is 14.8 Å². The van der Waals surface area contributed by atoms with Crippen LogP contribution < -0.4 is 9.80 Å². The average molecular weight is 456 g/mol. The van der Waals surface area contributed by atoms with Crippen LogP contribution in [0.3, 0.4) is 0 Å². The lowest BCUT2D eigenvalue weighted by atomic mass is 10.3. The topological polar surface area (TPSA) is 78.9 Å². The first-order valence-electron chi connectivity index (χ1n) is 9.73. The minimum atomic E-state index is -3.75. The molecule has 162 valence electrons. The normalized spacial score (nSPS) is 18.6. The minimum absolute atomic E-state index is 0.0104. The Labute approximate surface area is 180 Å². The molecule has 0 spiro atoms. The van der Waals surface area contributed by atoms with Gasteiger partial charge in [-0.15, -0.1) is 0 Å². The van der Waals surface area contributed by atoms with Gasteiger partial charge < -0.3 is 14.5 Å². The van der Waals surface area contributed by atoms with Gasteiger partial charge in [-0.3, -0.25) is 0 Å². The molecule has 0 radical (unpaired) electrons. The Morgan fingerprint density at radius 3 is 2.37 bits per heavy atom. The number of rotatable bonds is 4. The Kier molecular flexibility index (Phi) is 6.10. The second kappa shape index (κ2) is 8.62. The van der Waals surface area contributed by atoms with E-state index < -0.39 is 15.8 Å². The highest BCUT2D eigenvalue weighted by Gasteiger charge is 2.30. The van der Waals surface area contributed by atoms with Gasteiger partial charge in [0.2, 0.25) is 16.0 Å². The standard InChI is InChI=1S/C19H23ClFN5O3S/c1-14-12-18(24-8-10-29-11-9-24)23-19(22-14)25-4-6-26(7-5-25)30(27,28)15-2-3-17(21)16(20)13-15/h2-3,12-13H,4-11H2,1H3. The predicted molar refractivity (Wildman–Crippen MR) is 112 cm³/mol. The zero-order valence-electron chi connectivity index (χ0n) is 16.6. The summed E-state index contributed by atoms with van der Waals surface area (Å²) in [6, 6.07) is 5.41. The predicted octanol–water partition coefficient (Wildman–Crippen LogP) is 1.93. The quantitative estimate of drug-likeness (QED) is 0.696. The summed E-state index contributed by atoms with van der Waals surface area (Å²) in [4.78, 5) is 13.4. The first kappa shape index (κ1) is 21.2. The number of nitrogens with zero attached hydrogens (tertiary/aromatic N) is 5. The summed E-state index contributed by atoms with van der Waals surface area (Å²) in [6.45, 7) is 6.30. The molecule has 2 aliphatic rings. The van der Waals surface area contributed by atoms with Crippen LogP contribution in [0, 0.1) is 12.7 Å². The molecule has 1 aromatic heterocycles. The van der Waals surface area contributed by atoms with E-state index in [1.54, 1.807) is 0 Å². The Balaban J connectivity index is 1.48. The van der Waals surface area contributed by atoms with Crippen molar-refractivity contribution in [1.82, 2.24) is 14.3 Å². The number of aryl methyl sites for hydroxylation is 1. The van der Waals surface area contributed by atoms with E-state index in [1.165, 1.54) is 10.4 Å². The third-order valence-electron chi connectivity index (χ3n) is 5.21. The van der Waals surface area contributed by atoms with Gasteiger partial charge in [-0.2, -0.15) is 9.29 Å². The summed E-state index contributed by atoms with van der Waals surface area (Å²) in [5.41, 5.74) is 0.859.